The van der Waals surface area contributed by atoms with Gasteiger partial charge in [0.15, 0.2) is 0 Å². The van der Waals surface area contributed by atoms with E-state index < -0.39 is 0 Å². The van der Waals surface area contributed by atoms with Crippen molar-refractivity contribution in [1.29, 1.82) is 0 Å². The van der Waals surface area contributed by atoms with Crippen LogP contribution in [0.15, 0.2) is 61.9 Å². The van der Waals surface area contributed by atoms with Gasteiger partial charge in [-0.05, 0) is 89.7 Å². The molecule has 0 radical (unpaired) electrons. The summed E-state index contributed by atoms with van der Waals surface area (Å²) in [5, 5.41) is 2.02. The smallest absolute Gasteiger partial charge is 0.338 e. The highest BCUT2D eigenvalue weighted by atomic mass is 79.9. The van der Waals surface area contributed by atoms with Crippen LogP contribution in [0.3, 0.4) is 0 Å². The number of halogens is 2. The van der Waals surface area contributed by atoms with Crippen LogP contribution < -0.4 is 14.8 Å². The third kappa shape index (κ3) is 6.72. The van der Waals surface area contributed by atoms with E-state index in [9.17, 15) is 4.79 Å². The quantitative estimate of drug-likeness (QED) is 0.0646. The molecule has 0 aromatic heterocycles. The van der Waals surface area contributed by atoms with E-state index in [0.717, 1.165) is 105 Å². The van der Waals surface area contributed by atoms with Crippen LogP contribution in [-0.4, -0.2) is 38.8 Å². The first-order valence-electron chi connectivity index (χ1n) is 14.9. The standard InChI is InChI=1S/C34H41Br2N2O3/c1-6-11-12-15-18-40-34(39)24-17-14-13-16-23(24)33-25-19-27(35)29(37(7-2)8-3)21-31(25)41-32-22-30(38(9-4)10-5)28(36)20-26(32)33/h13-14,16-17,19-22H,6-12,15,18H2,1-5H3/q+1. The minimum Gasteiger partial charge on any atom is -0.462 e. The fourth-order valence-corrected chi connectivity index (χ4v) is 6.65. The third-order valence-electron chi connectivity index (χ3n) is 7.71. The lowest BCUT2D eigenvalue weighted by Crippen LogP contribution is -2.30. The number of nitrogens with zero attached hydrogens (tertiary/aromatic N) is 2. The molecule has 1 aliphatic carbocycles. The maximum Gasteiger partial charge on any atom is 0.338 e. The largest absolute Gasteiger partial charge is 0.462 e. The summed E-state index contributed by atoms with van der Waals surface area (Å²) in [6.45, 7) is 14.7. The Morgan fingerprint density at radius 1 is 0.878 bits per heavy atom. The average Bonchev–Trinajstić information content (AvgIpc) is 2.98. The van der Waals surface area contributed by atoms with E-state index in [0.29, 0.717) is 12.2 Å². The zero-order chi connectivity index (χ0) is 29.5. The molecule has 4 rings (SSSR count). The Labute approximate surface area is 260 Å². The molecular formula is C34H41Br2N2O3+. The van der Waals surface area contributed by atoms with Gasteiger partial charge in [0.05, 0.1) is 28.4 Å². The minimum absolute atomic E-state index is 0.295. The number of fused-ring (bicyclic) bond motifs is 2. The van der Waals surface area contributed by atoms with Crippen LogP contribution in [0.2, 0.25) is 0 Å². The van der Waals surface area contributed by atoms with Gasteiger partial charge in [-0.15, -0.1) is 0 Å². The molecule has 1 aliphatic heterocycles. The van der Waals surface area contributed by atoms with E-state index >= 15 is 0 Å². The molecule has 0 bridgehead atoms. The van der Waals surface area contributed by atoms with Crippen molar-refractivity contribution >= 4 is 54.5 Å². The number of unbranched alkanes of at least 4 members (excludes halogenated alkanes) is 3. The van der Waals surface area contributed by atoms with Crippen LogP contribution in [0.5, 0.6) is 0 Å². The van der Waals surface area contributed by atoms with Crippen LogP contribution in [0, 0.1) is 0 Å². The second-order valence-electron chi connectivity index (χ2n) is 10.2. The van der Waals surface area contributed by atoms with E-state index in [4.69, 9.17) is 9.15 Å². The molecule has 2 aliphatic rings. The number of benzene rings is 3. The molecule has 0 unspecified atom stereocenters. The summed E-state index contributed by atoms with van der Waals surface area (Å²) in [6.07, 6.45) is 4.23. The first-order valence-corrected chi connectivity index (χ1v) is 16.5. The lowest BCUT2D eigenvalue weighted by Gasteiger charge is -2.24. The van der Waals surface area contributed by atoms with Gasteiger partial charge in [0.25, 0.3) is 0 Å². The van der Waals surface area contributed by atoms with Crippen molar-refractivity contribution in [2.75, 3.05) is 37.7 Å². The van der Waals surface area contributed by atoms with Gasteiger partial charge >= 0.3 is 5.97 Å². The van der Waals surface area contributed by atoms with Gasteiger partial charge in [0.2, 0.25) is 5.36 Å². The lowest BCUT2D eigenvalue weighted by molar-refractivity contribution is 0.0498. The van der Waals surface area contributed by atoms with Crippen molar-refractivity contribution < 1.29 is 13.9 Å². The summed E-state index contributed by atoms with van der Waals surface area (Å²) in [5.74, 6) is 0.477. The molecule has 0 N–H and O–H groups in total. The first-order chi connectivity index (χ1) is 19.9. The van der Waals surface area contributed by atoms with E-state index in [2.05, 4.69) is 100 Å². The number of hydrogen-bond donors (Lipinski definition) is 0. The van der Waals surface area contributed by atoms with Gasteiger partial charge < -0.3 is 14.1 Å². The van der Waals surface area contributed by atoms with E-state index in [1.807, 2.05) is 24.3 Å². The Bertz CT molecular complexity index is 1550. The molecule has 0 saturated carbocycles. The van der Waals surface area contributed by atoms with Gasteiger partial charge in [-0.2, -0.15) is 0 Å². The Morgan fingerprint density at radius 2 is 1.61 bits per heavy atom. The van der Waals surface area contributed by atoms with Crippen LogP contribution in [0.4, 0.5) is 5.69 Å². The topological polar surface area (TPSA) is 45.7 Å². The number of anilines is 1. The van der Waals surface area contributed by atoms with E-state index in [-0.39, 0.29) is 5.97 Å². The number of rotatable bonds is 12. The molecule has 0 atom stereocenters. The molecule has 0 spiro atoms. The fraction of sp³-hybridized carbons (Fsp3) is 0.412. The molecule has 0 saturated heterocycles. The van der Waals surface area contributed by atoms with Gasteiger partial charge in [0, 0.05) is 40.1 Å². The normalized spacial score (nSPS) is 11.3. The Balaban J connectivity index is 2.01. The van der Waals surface area contributed by atoms with Gasteiger partial charge in [-0.1, -0.05) is 44.4 Å². The number of hydrogen-bond acceptors (Lipinski definition) is 4. The molecule has 2 aromatic rings. The minimum atomic E-state index is -0.295. The predicted molar refractivity (Wildman–Crippen MR) is 178 cm³/mol. The average molecular weight is 686 g/mol. The zero-order valence-corrected chi connectivity index (χ0v) is 28.0. The van der Waals surface area contributed by atoms with Crippen LogP contribution in [0.1, 0.15) is 70.7 Å². The van der Waals surface area contributed by atoms with E-state index in [1.165, 1.54) is 0 Å². The maximum absolute atomic E-state index is 13.4. The number of carbonyl (C=O) groups is 1. The first kappa shape index (κ1) is 31.3. The third-order valence-corrected chi connectivity index (χ3v) is 8.98. The molecule has 2 aromatic carbocycles. The number of carbonyl (C=O) groups excluding carboxylic acids is 1. The SMILES string of the molecule is CCCCCCOC(=O)c1ccccc1-c1c2cc(Br)c(=[N+](CC)CC)cc-2oc2cc(N(CC)CC)c(Br)cc12. The van der Waals surface area contributed by atoms with Crippen molar-refractivity contribution in [1.82, 2.24) is 4.58 Å². The Morgan fingerprint density at radius 3 is 2.29 bits per heavy atom. The Hall–Kier alpha value is -2.64. The fourth-order valence-electron chi connectivity index (χ4n) is 5.46. The lowest BCUT2D eigenvalue weighted by atomic mass is 9.90. The molecular weight excluding hydrogens is 644 g/mol. The summed E-state index contributed by atoms with van der Waals surface area (Å²) in [5.41, 5.74) is 5.14. The van der Waals surface area contributed by atoms with Crippen molar-refractivity contribution in [3.8, 4) is 22.5 Å². The maximum atomic E-state index is 13.4. The summed E-state index contributed by atoms with van der Waals surface area (Å²) < 4.78 is 16.7. The highest BCUT2D eigenvalue weighted by molar-refractivity contribution is 9.10. The molecule has 1 heterocycles. The highest BCUT2D eigenvalue weighted by Gasteiger charge is 2.25. The van der Waals surface area contributed by atoms with Gasteiger partial charge in [0.1, 0.15) is 24.4 Å². The van der Waals surface area contributed by atoms with Crippen LogP contribution in [-0.2, 0) is 4.74 Å². The summed E-state index contributed by atoms with van der Waals surface area (Å²) in [7, 11) is 0. The molecule has 218 valence electrons. The predicted octanol–water partition coefficient (Wildman–Crippen LogP) is 9.12. The van der Waals surface area contributed by atoms with E-state index in [1.54, 1.807) is 0 Å². The van der Waals surface area contributed by atoms with Crippen molar-refractivity contribution in [2.24, 2.45) is 0 Å². The molecule has 0 fully saturated rings. The van der Waals surface area contributed by atoms with Crippen molar-refractivity contribution in [3.63, 3.8) is 0 Å². The highest BCUT2D eigenvalue weighted by Crippen LogP contribution is 2.44. The van der Waals surface area contributed by atoms with Crippen molar-refractivity contribution in [3.05, 3.63) is 68.4 Å². The second-order valence-corrected chi connectivity index (χ2v) is 11.9. The van der Waals surface area contributed by atoms with Crippen LogP contribution in [0.25, 0.3) is 33.4 Å². The summed E-state index contributed by atoms with van der Waals surface area (Å²) >= 11 is 7.69. The second kappa shape index (κ2) is 14.5. The summed E-state index contributed by atoms with van der Waals surface area (Å²) in [4.78, 5) is 15.7. The molecule has 7 heteroatoms. The number of ether oxygens (including phenoxy) is 1. The Kier molecular flexibility index (Phi) is 11.1. The molecule has 41 heavy (non-hydrogen) atoms. The van der Waals surface area contributed by atoms with Gasteiger partial charge in [-0.25, -0.2) is 9.37 Å². The van der Waals surface area contributed by atoms with Crippen molar-refractivity contribution in [2.45, 2.75) is 60.3 Å². The van der Waals surface area contributed by atoms with Crippen LogP contribution >= 0.6 is 31.9 Å². The molecule has 5 nitrogen and oxygen atoms in total. The zero-order valence-electron chi connectivity index (χ0n) is 24.9. The number of esters is 1. The monoisotopic (exact) mass is 683 g/mol. The summed E-state index contributed by atoms with van der Waals surface area (Å²) in [6, 6.07) is 16.2. The van der Waals surface area contributed by atoms with Gasteiger partial charge in [-0.3, -0.25) is 0 Å². The molecule has 0 amide bonds.